The zero-order valence-corrected chi connectivity index (χ0v) is 17.4. The van der Waals surface area contributed by atoms with E-state index in [1.165, 1.54) is 10.8 Å². The molecule has 0 saturated heterocycles. The van der Waals surface area contributed by atoms with Crippen molar-refractivity contribution in [2.75, 3.05) is 13.7 Å². The summed E-state index contributed by atoms with van der Waals surface area (Å²) in [6.45, 7) is 1.06. The Morgan fingerprint density at radius 1 is 1.29 bits per heavy atom. The van der Waals surface area contributed by atoms with Crippen molar-refractivity contribution >= 4 is 47.3 Å². The highest BCUT2D eigenvalue weighted by atomic mass is 32.2. The number of rotatable bonds is 7. The summed E-state index contributed by atoms with van der Waals surface area (Å²) in [5.74, 6) is -2.48. The zero-order chi connectivity index (χ0) is 22.6. The van der Waals surface area contributed by atoms with E-state index in [0.29, 0.717) is 27.6 Å². The number of aromatic nitrogens is 2. The lowest BCUT2D eigenvalue weighted by Crippen LogP contribution is -2.40. The second-order valence-corrected chi connectivity index (χ2v) is 7.34. The standard InChI is InChI=1S/C20H16BF2N4O3S/c1-21-16-10-26-19(31-20(22,23)18(29)25-11-17(28)30-2)27(16)15-8-7-12(9-24)13-5-3-4-6-14(13)15/h3-8,10H,11H2,1-2H3,(H,25,29). The molecule has 3 aromatic rings. The number of carbonyl (C=O) groups is 2. The Balaban J connectivity index is 2.03. The number of esters is 1. The number of nitriles is 1. The number of methoxy groups -OCH3 is 1. The summed E-state index contributed by atoms with van der Waals surface area (Å²) in [6.07, 6.45) is 1.41. The first-order valence-electron chi connectivity index (χ1n) is 9.03. The maximum atomic E-state index is 14.6. The van der Waals surface area contributed by atoms with E-state index >= 15 is 0 Å². The van der Waals surface area contributed by atoms with E-state index in [2.05, 4.69) is 15.8 Å². The highest BCUT2D eigenvalue weighted by Gasteiger charge is 2.42. The largest absolute Gasteiger partial charge is 0.468 e. The third-order valence-electron chi connectivity index (χ3n) is 4.42. The van der Waals surface area contributed by atoms with Crippen molar-refractivity contribution < 1.29 is 23.1 Å². The van der Waals surface area contributed by atoms with Crippen molar-refractivity contribution in [2.45, 2.75) is 17.2 Å². The molecule has 3 rings (SSSR count). The summed E-state index contributed by atoms with van der Waals surface area (Å²) >= 11 is -0.0412. The number of amides is 1. The van der Waals surface area contributed by atoms with E-state index in [4.69, 9.17) is 0 Å². The summed E-state index contributed by atoms with van der Waals surface area (Å²) in [6, 6.07) is 12.5. The van der Waals surface area contributed by atoms with Gasteiger partial charge in [0.2, 0.25) is 0 Å². The molecular weight excluding hydrogens is 425 g/mol. The number of nitrogens with zero attached hydrogens (tertiary/aromatic N) is 3. The van der Waals surface area contributed by atoms with Crippen LogP contribution < -0.4 is 10.9 Å². The molecule has 7 nitrogen and oxygen atoms in total. The van der Waals surface area contributed by atoms with Crippen molar-refractivity contribution in [1.29, 1.82) is 5.26 Å². The zero-order valence-electron chi connectivity index (χ0n) is 16.6. The minimum Gasteiger partial charge on any atom is -0.468 e. The third-order valence-corrected chi connectivity index (χ3v) is 5.33. The first kappa shape index (κ1) is 22.3. The van der Waals surface area contributed by atoms with E-state index in [1.54, 1.807) is 50.5 Å². The Morgan fingerprint density at radius 2 is 2.00 bits per heavy atom. The average Bonchev–Trinajstić information content (AvgIpc) is 3.17. The van der Waals surface area contributed by atoms with Gasteiger partial charge in [-0.2, -0.15) is 14.0 Å². The van der Waals surface area contributed by atoms with E-state index in [-0.39, 0.29) is 16.9 Å². The van der Waals surface area contributed by atoms with Gasteiger partial charge in [-0.05, 0) is 29.5 Å². The van der Waals surface area contributed by atoms with Crippen LogP contribution in [0.25, 0.3) is 16.5 Å². The van der Waals surface area contributed by atoms with E-state index in [1.807, 2.05) is 5.32 Å². The lowest BCUT2D eigenvalue weighted by Gasteiger charge is -2.18. The van der Waals surface area contributed by atoms with Crippen LogP contribution >= 0.6 is 11.8 Å². The van der Waals surface area contributed by atoms with Crippen molar-refractivity contribution in [2.24, 2.45) is 0 Å². The molecule has 1 heterocycles. The number of nitrogens with one attached hydrogen (secondary N) is 1. The van der Waals surface area contributed by atoms with Gasteiger partial charge in [-0.15, -0.1) is 0 Å². The topological polar surface area (TPSA) is 97.0 Å². The van der Waals surface area contributed by atoms with Gasteiger partial charge in [0.15, 0.2) is 12.4 Å². The molecule has 0 aliphatic heterocycles. The monoisotopic (exact) mass is 441 g/mol. The molecule has 0 aliphatic carbocycles. The predicted octanol–water partition coefficient (Wildman–Crippen LogP) is 2.25. The number of hydrogen-bond acceptors (Lipinski definition) is 6. The lowest BCUT2D eigenvalue weighted by molar-refractivity contribution is -0.143. The van der Waals surface area contributed by atoms with Gasteiger partial charge >= 0.3 is 17.1 Å². The van der Waals surface area contributed by atoms with Crippen LogP contribution in [0.15, 0.2) is 47.8 Å². The molecule has 0 saturated carbocycles. The normalized spacial score (nSPS) is 11.1. The first-order valence-corrected chi connectivity index (χ1v) is 9.85. The van der Waals surface area contributed by atoms with Gasteiger partial charge in [0, 0.05) is 17.0 Å². The first-order chi connectivity index (χ1) is 14.8. The van der Waals surface area contributed by atoms with Crippen LogP contribution in [-0.4, -0.2) is 47.6 Å². The van der Waals surface area contributed by atoms with Crippen molar-refractivity contribution in [3.8, 4) is 11.8 Å². The number of benzene rings is 2. The van der Waals surface area contributed by atoms with Crippen LogP contribution in [0, 0.1) is 11.3 Å². The molecule has 1 N–H and O–H groups in total. The molecule has 157 valence electrons. The Hall–Kier alpha value is -3.39. The molecule has 11 heteroatoms. The quantitative estimate of drug-likeness (QED) is 0.343. The summed E-state index contributed by atoms with van der Waals surface area (Å²) in [4.78, 5) is 27.1. The van der Waals surface area contributed by atoms with Crippen molar-refractivity contribution in [3.05, 3.63) is 48.2 Å². The minimum absolute atomic E-state index is 0.0412. The summed E-state index contributed by atoms with van der Waals surface area (Å²) in [5.41, 5.74) is 1.51. The van der Waals surface area contributed by atoms with E-state index < -0.39 is 23.7 Å². The molecule has 0 aliphatic rings. The molecule has 0 bridgehead atoms. The number of thioether (sulfide) groups is 1. The van der Waals surface area contributed by atoms with Gasteiger partial charge in [-0.25, -0.2) is 4.98 Å². The van der Waals surface area contributed by atoms with Gasteiger partial charge in [0.25, 0.3) is 0 Å². The predicted molar refractivity (Wildman–Crippen MR) is 113 cm³/mol. The fraction of sp³-hybridized carbons (Fsp3) is 0.200. The van der Waals surface area contributed by atoms with Crippen LogP contribution in [0.3, 0.4) is 0 Å². The number of carbonyl (C=O) groups excluding carboxylic acids is 2. The highest BCUT2D eigenvalue weighted by molar-refractivity contribution is 8.00. The molecular formula is C20H16BF2N4O3S. The van der Waals surface area contributed by atoms with Gasteiger partial charge in [0.05, 0.1) is 24.4 Å². The number of imidazole rings is 1. The third kappa shape index (κ3) is 4.54. The van der Waals surface area contributed by atoms with Crippen molar-refractivity contribution in [3.63, 3.8) is 0 Å². The number of ether oxygens (including phenoxy) is 1. The average molecular weight is 441 g/mol. The fourth-order valence-corrected chi connectivity index (χ4v) is 3.72. The molecule has 2 aromatic carbocycles. The van der Waals surface area contributed by atoms with Crippen LogP contribution in [0.1, 0.15) is 5.56 Å². The van der Waals surface area contributed by atoms with Gasteiger partial charge in [-0.3, -0.25) is 9.59 Å². The molecule has 1 radical (unpaired) electrons. The van der Waals surface area contributed by atoms with Crippen LogP contribution in [0.4, 0.5) is 8.78 Å². The Morgan fingerprint density at radius 3 is 2.65 bits per heavy atom. The molecule has 31 heavy (non-hydrogen) atoms. The van der Waals surface area contributed by atoms with Crippen molar-refractivity contribution in [1.82, 2.24) is 14.9 Å². The minimum atomic E-state index is -3.90. The fourth-order valence-electron chi connectivity index (χ4n) is 2.93. The van der Waals surface area contributed by atoms with Crippen LogP contribution in [0.5, 0.6) is 0 Å². The second-order valence-electron chi connectivity index (χ2n) is 6.26. The number of halogens is 2. The summed E-state index contributed by atoms with van der Waals surface area (Å²) in [7, 11) is 2.78. The lowest BCUT2D eigenvalue weighted by atomic mass is 9.78. The number of alkyl halides is 2. The van der Waals surface area contributed by atoms with Gasteiger partial charge < -0.3 is 14.6 Å². The number of hydrogen-bond donors (Lipinski definition) is 1. The molecule has 1 aromatic heterocycles. The smallest absolute Gasteiger partial charge is 0.377 e. The molecule has 0 atom stereocenters. The summed E-state index contributed by atoms with van der Waals surface area (Å²) < 4.78 is 35.0. The summed E-state index contributed by atoms with van der Waals surface area (Å²) in [5, 5.41) is 8.54. The highest BCUT2D eigenvalue weighted by Crippen LogP contribution is 2.37. The maximum absolute atomic E-state index is 14.6. The molecule has 0 fully saturated rings. The van der Waals surface area contributed by atoms with E-state index in [0.717, 1.165) is 7.11 Å². The second kappa shape index (κ2) is 9.18. The molecule has 1 amide bonds. The molecule has 0 unspecified atom stereocenters. The Bertz CT molecular complexity index is 1190. The van der Waals surface area contributed by atoms with Gasteiger partial charge in [-0.1, -0.05) is 31.1 Å². The molecule has 0 spiro atoms. The number of fused-ring (bicyclic) bond motifs is 1. The Labute approximate surface area is 181 Å². The maximum Gasteiger partial charge on any atom is 0.377 e. The van der Waals surface area contributed by atoms with Crippen LogP contribution in [0.2, 0.25) is 6.82 Å². The SMILES string of the molecule is C[B]c1cnc(SC(F)(F)C(=O)NCC(=O)OC)n1-c1ccc(C#N)c2ccccc12. The Kier molecular flexibility index (Phi) is 6.60. The van der Waals surface area contributed by atoms with Gasteiger partial charge in [0.1, 0.15) is 6.54 Å². The van der Waals surface area contributed by atoms with Crippen LogP contribution in [-0.2, 0) is 14.3 Å². The van der Waals surface area contributed by atoms with E-state index in [9.17, 15) is 23.6 Å².